The molecule has 0 saturated carbocycles. The zero-order valence-corrected chi connectivity index (χ0v) is 10.4. The number of fused-ring (bicyclic) bond motifs is 1. The lowest BCUT2D eigenvalue weighted by Gasteiger charge is -2.30. The van der Waals surface area contributed by atoms with Gasteiger partial charge >= 0.3 is 0 Å². The first kappa shape index (κ1) is 11.2. The maximum absolute atomic E-state index is 10.4. The highest BCUT2D eigenvalue weighted by Crippen LogP contribution is 2.37. The van der Waals surface area contributed by atoms with Gasteiger partial charge in [0.25, 0.3) is 0 Å². The van der Waals surface area contributed by atoms with E-state index in [1.165, 1.54) is 0 Å². The standard InChI is InChI=1S/C13H15N3O2/c1-8-14-9(2)16(15-8)11-7-18-12-6-4-3-5-10(12)13(11)17/h3-6,11,13,17H,7H2,1-2H3. The first-order valence-corrected chi connectivity index (χ1v) is 5.96. The molecule has 1 aromatic heterocycles. The van der Waals surface area contributed by atoms with Crippen molar-refractivity contribution >= 4 is 0 Å². The molecular formula is C13H15N3O2. The highest BCUT2D eigenvalue weighted by molar-refractivity contribution is 5.37. The number of ether oxygens (including phenoxy) is 1. The molecule has 2 aromatic rings. The van der Waals surface area contributed by atoms with Gasteiger partial charge in [-0.15, -0.1) is 0 Å². The molecule has 0 aliphatic carbocycles. The van der Waals surface area contributed by atoms with Crippen LogP contribution in [-0.4, -0.2) is 26.5 Å². The van der Waals surface area contributed by atoms with E-state index >= 15 is 0 Å². The second kappa shape index (κ2) is 4.10. The van der Waals surface area contributed by atoms with Gasteiger partial charge in [0.2, 0.25) is 0 Å². The minimum atomic E-state index is -0.616. The maximum atomic E-state index is 10.4. The summed E-state index contributed by atoms with van der Waals surface area (Å²) in [7, 11) is 0. The fraction of sp³-hybridized carbons (Fsp3) is 0.385. The van der Waals surface area contributed by atoms with E-state index in [-0.39, 0.29) is 6.04 Å². The Balaban J connectivity index is 2.00. The molecular weight excluding hydrogens is 230 g/mol. The second-order valence-electron chi connectivity index (χ2n) is 4.51. The van der Waals surface area contributed by atoms with Crippen LogP contribution in [-0.2, 0) is 0 Å². The van der Waals surface area contributed by atoms with Crippen molar-refractivity contribution in [3.05, 3.63) is 41.5 Å². The van der Waals surface area contributed by atoms with Gasteiger partial charge in [0.1, 0.15) is 36.2 Å². The number of hydrogen-bond donors (Lipinski definition) is 1. The fourth-order valence-corrected chi connectivity index (χ4v) is 2.38. The minimum absolute atomic E-state index is 0.221. The van der Waals surface area contributed by atoms with Crippen LogP contribution in [0.2, 0.25) is 0 Å². The number of benzene rings is 1. The summed E-state index contributed by atoms with van der Waals surface area (Å²) in [4.78, 5) is 4.26. The topological polar surface area (TPSA) is 60.2 Å². The molecule has 1 aliphatic heterocycles. The third-order valence-electron chi connectivity index (χ3n) is 3.23. The van der Waals surface area contributed by atoms with Crippen molar-refractivity contribution in [2.24, 2.45) is 0 Å². The Morgan fingerprint density at radius 1 is 1.33 bits per heavy atom. The van der Waals surface area contributed by atoms with E-state index in [0.29, 0.717) is 12.4 Å². The van der Waals surface area contributed by atoms with Crippen LogP contribution < -0.4 is 4.74 Å². The number of aromatic nitrogens is 3. The third kappa shape index (κ3) is 1.67. The maximum Gasteiger partial charge on any atom is 0.147 e. The van der Waals surface area contributed by atoms with Gasteiger partial charge in [-0.25, -0.2) is 9.67 Å². The lowest BCUT2D eigenvalue weighted by atomic mass is 9.99. The molecule has 2 atom stereocenters. The minimum Gasteiger partial charge on any atom is -0.491 e. The molecule has 0 spiro atoms. The first-order chi connectivity index (χ1) is 8.66. The van der Waals surface area contributed by atoms with Gasteiger partial charge in [-0.3, -0.25) is 0 Å². The van der Waals surface area contributed by atoms with E-state index in [4.69, 9.17) is 4.74 Å². The molecule has 2 heterocycles. The van der Waals surface area contributed by atoms with Crippen LogP contribution >= 0.6 is 0 Å². The third-order valence-corrected chi connectivity index (χ3v) is 3.23. The predicted molar refractivity (Wildman–Crippen MR) is 65.4 cm³/mol. The summed E-state index contributed by atoms with van der Waals surface area (Å²) in [5.74, 6) is 2.24. The van der Waals surface area contributed by atoms with Crippen molar-refractivity contribution in [2.75, 3.05) is 6.61 Å². The molecule has 94 valence electrons. The Morgan fingerprint density at radius 3 is 2.83 bits per heavy atom. The first-order valence-electron chi connectivity index (χ1n) is 5.96. The Bertz CT molecular complexity index is 579. The number of rotatable bonds is 1. The highest BCUT2D eigenvalue weighted by atomic mass is 16.5. The van der Waals surface area contributed by atoms with Crippen LogP contribution in [0.5, 0.6) is 5.75 Å². The molecule has 5 nitrogen and oxygen atoms in total. The quantitative estimate of drug-likeness (QED) is 0.828. The summed E-state index contributed by atoms with van der Waals surface area (Å²) < 4.78 is 7.42. The molecule has 1 aromatic carbocycles. The Labute approximate surface area is 105 Å². The Morgan fingerprint density at radius 2 is 2.11 bits per heavy atom. The van der Waals surface area contributed by atoms with Crippen LogP contribution in [0, 0.1) is 13.8 Å². The summed E-state index contributed by atoms with van der Waals surface area (Å²) >= 11 is 0. The smallest absolute Gasteiger partial charge is 0.147 e. The predicted octanol–water partition coefficient (Wildman–Crippen LogP) is 1.56. The van der Waals surface area contributed by atoms with E-state index in [1.54, 1.807) is 4.68 Å². The molecule has 0 fully saturated rings. The van der Waals surface area contributed by atoms with Gasteiger partial charge in [0.05, 0.1) is 0 Å². The summed E-state index contributed by atoms with van der Waals surface area (Å²) in [6, 6.07) is 7.32. The van der Waals surface area contributed by atoms with Gasteiger partial charge in [0.15, 0.2) is 0 Å². The zero-order valence-electron chi connectivity index (χ0n) is 10.4. The van der Waals surface area contributed by atoms with Gasteiger partial charge in [-0.05, 0) is 19.9 Å². The number of para-hydroxylation sites is 1. The summed E-state index contributed by atoms with van der Waals surface area (Å²) in [6.45, 7) is 4.13. The number of hydrogen-bond acceptors (Lipinski definition) is 4. The Hall–Kier alpha value is -1.88. The molecule has 0 radical (unpaired) electrons. The molecule has 0 saturated heterocycles. The largest absolute Gasteiger partial charge is 0.491 e. The molecule has 2 unspecified atom stereocenters. The normalized spacial score (nSPS) is 22.4. The lowest BCUT2D eigenvalue weighted by Crippen LogP contribution is -2.30. The van der Waals surface area contributed by atoms with E-state index in [1.807, 2.05) is 38.1 Å². The average molecular weight is 245 g/mol. The summed E-state index contributed by atoms with van der Waals surface area (Å²) in [5, 5.41) is 14.8. The number of aryl methyl sites for hydroxylation is 2. The molecule has 1 aliphatic rings. The number of aliphatic hydroxyl groups excluding tert-OH is 1. The molecule has 3 rings (SSSR count). The zero-order chi connectivity index (χ0) is 12.7. The van der Waals surface area contributed by atoms with Crippen LogP contribution in [0.4, 0.5) is 0 Å². The van der Waals surface area contributed by atoms with Crippen molar-refractivity contribution in [2.45, 2.75) is 26.0 Å². The van der Waals surface area contributed by atoms with Crippen LogP contribution in [0.1, 0.15) is 29.4 Å². The van der Waals surface area contributed by atoms with E-state index in [0.717, 1.165) is 17.1 Å². The van der Waals surface area contributed by atoms with Crippen LogP contribution in [0.3, 0.4) is 0 Å². The van der Waals surface area contributed by atoms with E-state index < -0.39 is 6.10 Å². The van der Waals surface area contributed by atoms with Gasteiger partial charge in [-0.2, -0.15) is 5.10 Å². The van der Waals surface area contributed by atoms with Crippen molar-refractivity contribution in [3.8, 4) is 5.75 Å². The molecule has 0 bridgehead atoms. The van der Waals surface area contributed by atoms with Crippen molar-refractivity contribution in [1.82, 2.24) is 14.8 Å². The molecule has 1 N–H and O–H groups in total. The monoisotopic (exact) mass is 245 g/mol. The number of nitrogens with zero attached hydrogens (tertiary/aromatic N) is 3. The van der Waals surface area contributed by atoms with Crippen LogP contribution in [0.15, 0.2) is 24.3 Å². The fourth-order valence-electron chi connectivity index (χ4n) is 2.38. The molecule has 18 heavy (non-hydrogen) atoms. The van der Waals surface area contributed by atoms with Gasteiger partial charge in [0, 0.05) is 5.56 Å². The summed E-state index contributed by atoms with van der Waals surface area (Å²) in [5.41, 5.74) is 0.807. The SMILES string of the molecule is Cc1nc(C)n(C2COc3ccccc3C2O)n1. The van der Waals surface area contributed by atoms with Gasteiger partial charge < -0.3 is 9.84 Å². The number of aliphatic hydroxyl groups is 1. The van der Waals surface area contributed by atoms with E-state index in [2.05, 4.69) is 10.1 Å². The second-order valence-corrected chi connectivity index (χ2v) is 4.51. The van der Waals surface area contributed by atoms with Crippen molar-refractivity contribution < 1.29 is 9.84 Å². The van der Waals surface area contributed by atoms with Crippen molar-refractivity contribution in [1.29, 1.82) is 0 Å². The lowest BCUT2D eigenvalue weighted by molar-refractivity contribution is 0.0495. The Kier molecular flexibility index (Phi) is 2.56. The highest BCUT2D eigenvalue weighted by Gasteiger charge is 2.32. The molecule has 5 heteroatoms. The average Bonchev–Trinajstić information content (AvgIpc) is 2.69. The van der Waals surface area contributed by atoms with Crippen molar-refractivity contribution in [3.63, 3.8) is 0 Å². The van der Waals surface area contributed by atoms with Gasteiger partial charge in [-0.1, -0.05) is 18.2 Å². The van der Waals surface area contributed by atoms with Crippen LogP contribution in [0.25, 0.3) is 0 Å². The molecule has 0 amide bonds. The summed E-state index contributed by atoms with van der Waals surface area (Å²) in [6.07, 6.45) is -0.616. The van der Waals surface area contributed by atoms with E-state index in [9.17, 15) is 5.11 Å².